The van der Waals surface area contributed by atoms with E-state index in [9.17, 15) is 4.39 Å². The summed E-state index contributed by atoms with van der Waals surface area (Å²) < 4.78 is 19.0. The Morgan fingerprint density at radius 2 is 2.17 bits per heavy atom. The number of methoxy groups -OCH3 is 1. The predicted molar refractivity (Wildman–Crippen MR) is 72.1 cm³/mol. The van der Waals surface area contributed by atoms with Gasteiger partial charge in [0.25, 0.3) is 0 Å². The Morgan fingerprint density at radius 3 is 2.72 bits per heavy atom. The zero-order valence-electron chi connectivity index (χ0n) is 11.4. The fraction of sp³-hybridized carbons (Fsp3) is 0.571. The van der Waals surface area contributed by atoms with E-state index in [4.69, 9.17) is 10.5 Å². The molecule has 0 heterocycles. The quantitative estimate of drug-likeness (QED) is 0.810. The van der Waals surface area contributed by atoms with Gasteiger partial charge in [0.15, 0.2) is 0 Å². The van der Waals surface area contributed by atoms with Gasteiger partial charge in [0, 0.05) is 31.8 Å². The molecule has 0 fully saturated rings. The van der Waals surface area contributed by atoms with E-state index < -0.39 is 0 Å². The van der Waals surface area contributed by atoms with E-state index in [-0.39, 0.29) is 11.9 Å². The summed E-state index contributed by atoms with van der Waals surface area (Å²) in [5.41, 5.74) is 7.55. The second kappa shape index (κ2) is 7.46. The molecule has 0 amide bonds. The van der Waals surface area contributed by atoms with Gasteiger partial charge >= 0.3 is 0 Å². The number of hydrogen-bond donors (Lipinski definition) is 1. The standard InChI is InChI=1S/C14H23FN2O/c1-4-17(7-8-18-3)14(10-16)12-9-11(2)5-6-13(12)15/h5-6,9,14H,4,7-8,10,16H2,1-3H3. The van der Waals surface area contributed by atoms with E-state index in [1.54, 1.807) is 13.2 Å². The van der Waals surface area contributed by atoms with Crippen molar-refractivity contribution in [3.63, 3.8) is 0 Å². The van der Waals surface area contributed by atoms with Crippen LogP contribution in [0.4, 0.5) is 4.39 Å². The van der Waals surface area contributed by atoms with E-state index in [1.165, 1.54) is 6.07 Å². The molecule has 0 saturated heterocycles. The van der Waals surface area contributed by atoms with Gasteiger partial charge in [-0.15, -0.1) is 0 Å². The first-order valence-corrected chi connectivity index (χ1v) is 6.33. The second-order valence-corrected chi connectivity index (χ2v) is 4.40. The molecule has 0 aliphatic rings. The van der Waals surface area contributed by atoms with Crippen LogP contribution in [0.5, 0.6) is 0 Å². The summed E-state index contributed by atoms with van der Waals surface area (Å²) >= 11 is 0. The van der Waals surface area contributed by atoms with Crippen LogP contribution in [0.25, 0.3) is 0 Å². The monoisotopic (exact) mass is 254 g/mol. The van der Waals surface area contributed by atoms with Crippen LogP contribution in [-0.4, -0.2) is 38.3 Å². The maximum Gasteiger partial charge on any atom is 0.128 e. The minimum Gasteiger partial charge on any atom is -0.383 e. The van der Waals surface area contributed by atoms with Gasteiger partial charge in [-0.1, -0.05) is 24.6 Å². The molecule has 1 unspecified atom stereocenters. The number of ether oxygens (including phenoxy) is 1. The van der Waals surface area contributed by atoms with Crippen molar-refractivity contribution in [1.82, 2.24) is 4.90 Å². The summed E-state index contributed by atoms with van der Waals surface area (Å²) in [5, 5.41) is 0. The van der Waals surface area contributed by atoms with Crippen LogP contribution in [0.2, 0.25) is 0 Å². The van der Waals surface area contributed by atoms with E-state index in [0.717, 1.165) is 18.7 Å². The number of halogens is 1. The van der Waals surface area contributed by atoms with Gasteiger partial charge in [0.05, 0.1) is 6.61 Å². The summed E-state index contributed by atoms with van der Waals surface area (Å²) in [6.07, 6.45) is 0. The largest absolute Gasteiger partial charge is 0.383 e. The molecule has 4 heteroatoms. The second-order valence-electron chi connectivity index (χ2n) is 4.40. The van der Waals surface area contributed by atoms with Crippen molar-refractivity contribution in [2.24, 2.45) is 5.73 Å². The molecule has 1 rings (SSSR count). The third-order valence-electron chi connectivity index (χ3n) is 3.16. The molecular formula is C14H23FN2O. The van der Waals surface area contributed by atoms with Crippen LogP contribution in [0, 0.1) is 12.7 Å². The molecule has 1 atom stereocenters. The number of nitrogens with zero attached hydrogens (tertiary/aromatic N) is 1. The molecule has 2 N–H and O–H groups in total. The third kappa shape index (κ3) is 3.77. The lowest BCUT2D eigenvalue weighted by atomic mass is 10.0. The van der Waals surface area contributed by atoms with E-state index >= 15 is 0 Å². The first-order chi connectivity index (χ1) is 8.63. The molecule has 0 radical (unpaired) electrons. The third-order valence-corrected chi connectivity index (χ3v) is 3.16. The van der Waals surface area contributed by atoms with E-state index in [0.29, 0.717) is 18.7 Å². The van der Waals surface area contributed by atoms with Crippen LogP contribution in [0.15, 0.2) is 18.2 Å². The lowest BCUT2D eigenvalue weighted by Crippen LogP contribution is -2.36. The molecule has 1 aromatic rings. The highest BCUT2D eigenvalue weighted by molar-refractivity contribution is 5.27. The van der Waals surface area contributed by atoms with Gasteiger partial charge in [-0.25, -0.2) is 4.39 Å². The maximum absolute atomic E-state index is 13.9. The van der Waals surface area contributed by atoms with Crippen molar-refractivity contribution >= 4 is 0 Å². The van der Waals surface area contributed by atoms with Crippen LogP contribution >= 0.6 is 0 Å². The highest BCUT2D eigenvalue weighted by Gasteiger charge is 2.20. The molecule has 0 aliphatic carbocycles. The first-order valence-electron chi connectivity index (χ1n) is 6.33. The number of likely N-dealkylation sites (N-methyl/N-ethyl adjacent to an activating group) is 1. The molecule has 0 spiro atoms. The SMILES string of the molecule is CCN(CCOC)C(CN)c1cc(C)ccc1F. The molecule has 0 bridgehead atoms. The molecular weight excluding hydrogens is 231 g/mol. The van der Waals surface area contributed by atoms with Gasteiger partial charge in [-0.05, 0) is 19.5 Å². The number of benzene rings is 1. The fourth-order valence-electron chi connectivity index (χ4n) is 2.13. The Balaban J connectivity index is 2.95. The molecule has 0 aromatic heterocycles. The van der Waals surface area contributed by atoms with Gasteiger partial charge in [-0.3, -0.25) is 4.90 Å². The molecule has 3 nitrogen and oxygen atoms in total. The van der Waals surface area contributed by atoms with Crippen molar-refractivity contribution in [3.8, 4) is 0 Å². The minimum absolute atomic E-state index is 0.0925. The first kappa shape index (κ1) is 15.1. The number of nitrogens with two attached hydrogens (primary N) is 1. The van der Waals surface area contributed by atoms with Gasteiger partial charge < -0.3 is 10.5 Å². The van der Waals surface area contributed by atoms with Gasteiger partial charge in [-0.2, -0.15) is 0 Å². The molecule has 102 valence electrons. The highest BCUT2D eigenvalue weighted by atomic mass is 19.1. The van der Waals surface area contributed by atoms with Crippen LogP contribution < -0.4 is 5.73 Å². The molecule has 18 heavy (non-hydrogen) atoms. The van der Waals surface area contributed by atoms with Gasteiger partial charge in [0.2, 0.25) is 0 Å². The number of rotatable bonds is 7. The summed E-state index contributed by atoms with van der Waals surface area (Å²) in [6.45, 7) is 6.60. The lowest BCUT2D eigenvalue weighted by Gasteiger charge is -2.30. The Bertz CT molecular complexity index is 371. The normalized spacial score (nSPS) is 13.0. The van der Waals surface area contributed by atoms with Crippen molar-refractivity contribution in [1.29, 1.82) is 0 Å². The predicted octanol–water partition coefficient (Wildman–Crippen LogP) is 2.10. The fourth-order valence-corrected chi connectivity index (χ4v) is 2.13. The molecule has 1 aromatic carbocycles. The highest BCUT2D eigenvalue weighted by Crippen LogP contribution is 2.23. The summed E-state index contributed by atoms with van der Waals surface area (Å²) in [5.74, 6) is -0.188. The van der Waals surface area contributed by atoms with E-state index in [2.05, 4.69) is 4.90 Å². The lowest BCUT2D eigenvalue weighted by molar-refractivity contribution is 0.124. The molecule has 0 saturated carbocycles. The van der Waals surface area contributed by atoms with Crippen molar-refractivity contribution in [2.75, 3.05) is 33.4 Å². The Kier molecular flexibility index (Phi) is 6.25. The van der Waals surface area contributed by atoms with E-state index in [1.807, 2.05) is 19.9 Å². The number of aryl methyl sites for hydroxylation is 1. The Labute approximate surface area is 109 Å². The van der Waals surface area contributed by atoms with Gasteiger partial charge in [0.1, 0.15) is 5.82 Å². The topological polar surface area (TPSA) is 38.5 Å². The van der Waals surface area contributed by atoms with Crippen molar-refractivity contribution < 1.29 is 9.13 Å². The zero-order valence-corrected chi connectivity index (χ0v) is 11.4. The minimum atomic E-state index is -0.188. The summed E-state index contributed by atoms with van der Waals surface area (Å²) in [6, 6.07) is 5.07. The van der Waals surface area contributed by atoms with Crippen molar-refractivity contribution in [2.45, 2.75) is 19.9 Å². The average Bonchev–Trinajstić information content (AvgIpc) is 2.38. The average molecular weight is 254 g/mol. The van der Waals surface area contributed by atoms with Crippen molar-refractivity contribution in [3.05, 3.63) is 35.1 Å². The summed E-state index contributed by atoms with van der Waals surface area (Å²) in [7, 11) is 1.67. The Morgan fingerprint density at radius 1 is 1.44 bits per heavy atom. The molecule has 0 aliphatic heterocycles. The summed E-state index contributed by atoms with van der Waals surface area (Å²) in [4.78, 5) is 2.14. The van der Waals surface area contributed by atoms with Crippen LogP contribution in [-0.2, 0) is 4.74 Å². The smallest absolute Gasteiger partial charge is 0.128 e. The maximum atomic E-state index is 13.9. The Hall–Kier alpha value is -0.970. The van der Waals surface area contributed by atoms with Crippen LogP contribution in [0.1, 0.15) is 24.1 Å². The zero-order chi connectivity index (χ0) is 13.5. The number of hydrogen-bond acceptors (Lipinski definition) is 3. The van der Waals surface area contributed by atoms with Crippen LogP contribution in [0.3, 0.4) is 0 Å².